The van der Waals surface area contributed by atoms with Crippen LogP contribution in [-0.2, 0) is 13.6 Å². The Kier molecular flexibility index (Phi) is 7.76. The Morgan fingerprint density at radius 1 is 1.13 bits per heavy atom. The average molecular weight is 344 g/mol. The van der Waals surface area contributed by atoms with Gasteiger partial charge < -0.3 is 18.5 Å². The van der Waals surface area contributed by atoms with Crippen molar-refractivity contribution in [1.29, 1.82) is 0 Å². The molecule has 0 aliphatic rings. The number of methoxy groups -OCH3 is 2. The molecule has 23 heavy (non-hydrogen) atoms. The molecule has 0 heterocycles. The van der Waals surface area contributed by atoms with Crippen LogP contribution in [0.15, 0.2) is 18.2 Å². The summed E-state index contributed by atoms with van der Waals surface area (Å²) in [7, 11) is 1.18. The van der Waals surface area contributed by atoms with Crippen molar-refractivity contribution in [3.63, 3.8) is 0 Å². The minimum atomic E-state index is -3.16. The standard InChI is InChI=1S/C16H25O6P/c1-12(2)11-23(18,21-5)22-10-9-13(17)16-14(19-3)7-6-8-15(16)20-4/h6-8,12H,9-11H2,1-5H3. The van der Waals surface area contributed by atoms with E-state index in [1.165, 1.54) is 21.3 Å². The molecule has 0 radical (unpaired) electrons. The monoisotopic (exact) mass is 344 g/mol. The van der Waals surface area contributed by atoms with Crippen LogP contribution in [0.2, 0.25) is 0 Å². The van der Waals surface area contributed by atoms with Crippen LogP contribution < -0.4 is 9.47 Å². The van der Waals surface area contributed by atoms with E-state index in [-0.39, 0.29) is 24.7 Å². The molecule has 1 aromatic carbocycles. The molecule has 1 aromatic rings. The summed E-state index contributed by atoms with van der Waals surface area (Å²) in [6.07, 6.45) is 0.373. The van der Waals surface area contributed by atoms with E-state index in [2.05, 4.69) is 0 Å². The molecule has 0 aromatic heterocycles. The second-order valence-electron chi connectivity index (χ2n) is 5.41. The van der Waals surface area contributed by atoms with Gasteiger partial charge in [-0.2, -0.15) is 0 Å². The van der Waals surface area contributed by atoms with E-state index in [0.29, 0.717) is 23.2 Å². The van der Waals surface area contributed by atoms with Gasteiger partial charge in [0.05, 0.1) is 27.0 Å². The van der Waals surface area contributed by atoms with Crippen molar-refractivity contribution in [1.82, 2.24) is 0 Å². The average Bonchev–Trinajstić information content (AvgIpc) is 2.53. The summed E-state index contributed by atoms with van der Waals surface area (Å²) in [5.41, 5.74) is 0.359. The Bertz CT molecular complexity index is 547. The second kappa shape index (κ2) is 9.06. The number of benzene rings is 1. The Morgan fingerprint density at radius 3 is 2.13 bits per heavy atom. The third-order valence-corrected chi connectivity index (χ3v) is 5.50. The molecule has 0 aliphatic heterocycles. The van der Waals surface area contributed by atoms with Crippen LogP contribution in [0.3, 0.4) is 0 Å². The zero-order valence-corrected chi connectivity index (χ0v) is 15.2. The highest BCUT2D eigenvalue weighted by Gasteiger charge is 2.25. The third kappa shape index (κ3) is 5.65. The Hall–Kier alpha value is -1.36. The van der Waals surface area contributed by atoms with Gasteiger partial charge in [0.15, 0.2) is 5.78 Å². The van der Waals surface area contributed by atoms with Gasteiger partial charge in [-0.1, -0.05) is 19.9 Å². The van der Waals surface area contributed by atoms with E-state index in [4.69, 9.17) is 18.5 Å². The first-order valence-electron chi connectivity index (χ1n) is 7.40. The molecule has 1 atom stereocenters. The lowest BCUT2D eigenvalue weighted by atomic mass is 10.1. The molecule has 0 spiro atoms. The van der Waals surface area contributed by atoms with Gasteiger partial charge in [-0.15, -0.1) is 0 Å². The number of ether oxygens (including phenoxy) is 2. The van der Waals surface area contributed by atoms with Crippen LogP contribution in [0.25, 0.3) is 0 Å². The van der Waals surface area contributed by atoms with Crippen LogP contribution in [0.5, 0.6) is 11.5 Å². The molecule has 0 saturated heterocycles. The second-order valence-corrected chi connectivity index (χ2v) is 7.62. The van der Waals surface area contributed by atoms with E-state index < -0.39 is 7.60 Å². The number of carbonyl (C=O) groups excluding carboxylic acids is 1. The topological polar surface area (TPSA) is 71.1 Å². The molecule has 0 aliphatic carbocycles. The molecule has 0 N–H and O–H groups in total. The summed E-state index contributed by atoms with van der Waals surface area (Å²) in [4.78, 5) is 12.4. The van der Waals surface area contributed by atoms with Crippen molar-refractivity contribution in [3.8, 4) is 11.5 Å². The van der Waals surface area contributed by atoms with Gasteiger partial charge in [-0.3, -0.25) is 9.36 Å². The first kappa shape index (κ1) is 19.7. The van der Waals surface area contributed by atoms with E-state index >= 15 is 0 Å². The zero-order valence-electron chi connectivity index (χ0n) is 14.3. The maximum absolute atomic E-state index is 12.4. The lowest BCUT2D eigenvalue weighted by Crippen LogP contribution is -2.10. The predicted molar refractivity (Wildman–Crippen MR) is 88.8 cm³/mol. The fraction of sp³-hybridized carbons (Fsp3) is 0.562. The van der Waals surface area contributed by atoms with Crippen molar-refractivity contribution in [3.05, 3.63) is 23.8 Å². The Morgan fingerprint density at radius 2 is 1.70 bits per heavy atom. The van der Waals surface area contributed by atoms with Gasteiger partial charge in [0.2, 0.25) is 0 Å². The van der Waals surface area contributed by atoms with Crippen molar-refractivity contribution in [2.75, 3.05) is 34.1 Å². The van der Waals surface area contributed by atoms with E-state index in [1.54, 1.807) is 18.2 Å². The molecule has 7 heteroatoms. The lowest BCUT2D eigenvalue weighted by molar-refractivity contribution is 0.0951. The molecule has 0 fully saturated rings. The number of hydrogen-bond donors (Lipinski definition) is 0. The Labute approximate surface area is 137 Å². The minimum absolute atomic E-state index is 0.0118. The number of Topliss-reactive ketones (excluding diaryl/α,β-unsaturated/α-hetero) is 1. The van der Waals surface area contributed by atoms with Gasteiger partial charge in [0.25, 0.3) is 0 Å². The van der Waals surface area contributed by atoms with E-state index in [1.807, 2.05) is 13.8 Å². The molecular formula is C16H25O6P. The highest BCUT2D eigenvalue weighted by molar-refractivity contribution is 7.53. The van der Waals surface area contributed by atoms with Gasteiger partial charge >= 0.3 is 7.60 Å². The number of rotatable bonds is 10. The fourth-order valence-corrected chi connectivity index (χ4v) is 3.78. The summed E-state index contributed by atoms with van der Waals surface area (Å²) in [6.45, 7) is 3.87. The normalized spacial score (nSPS) is 13.7. The summed E-state index contributed by atoms with van der Waals surface area (Å²) in [6, 6.07) is 5.12. The van der Waals surface area contributed by atoms with Crippen molar-refractivity contribution >= 4 is 13.4 Å². The lowest BCUT2D eigenvalue weighted by Gasteiger charge is -2.18. The number of carbonyl (C=O) groups is 1. The van der Waals surface area contributed by atoms with Crippen LogP contribution in [0.1, 0.15) is 30.6 Å². The molecule has 1 rings (SSSR count). The van der Waals surface area contributed by atoms with E-state index in [9.17, 15) is 9.36 Å². The third-order valence-electron chi connectivity index (χ3n) is 3.19. The van der Waals surface area contributed by atoms with Gasteiger partial charge in [0, 0.05) is 13.5 Å². The van der Waals surface area contributed by atoms with Crippen molar-refractivity contribution < 1.29 is 27.9 Å². The van der Waals surface area contributed by atoms with Crippen LogP contribution in [0.4, 0.5) is 0 Å². The molecule has 0 amide bonds. The van der Waals surface area contributed by atoms with Crippen molar-refractivity contribution in [2.24, 2.45) is 5.92 Å². The molecular weight excluding hydrogens is 319 g/mol. The zero-order chi connectivity index (χ0) is 17.5. The smallest absolute Gasteiger partial charge is 0.330 e. The largest absolute Gasteiger partial charge is 0.496 e. The maximum atomic E-state index is 12.4. The molecule has 1 unspecified atom stereocenters. The first-order valence-corrected chi connectivity index (χ1v) is 9.13. The number of ketones is 1. The molecule has 0 saturated carbocycles. The highest BCUT2D eigenvalue weighted by Crippen LogP contribution is 2.49. The summed E-state index contributed by atoms with van der Waals surface area (Å²) in [5.74, 6) is 0.843. The summed E-state index contributed by atoms with van der Waals surface area (Å²) in [5, 5.41) is 0. The Balaban J connectivity index is 2.76. The van der Waals surface area contributed by atoms with Crippen molar-refractivity contribution in [2.45, 2.75) is 20.3 Å². The quantitative estimate of drug-likeness (QED) is 0.475. The summed E-state index contributed by atoms with van der Waals surface area (Å²) >= 11 is 0. The fourth-order valence-electron chi connectivity index (χ4n) is 2.16. The summed E-state index contributed by atoms with van der Waals surface area (Å²) < 4.78 is 33.1. The van der Waals surface area contributed by atoms with Crippen LogP contribution >= 0.6 is 7.60 Å². The van der Waals surface area contributed by atoms with Gasteiger partial charge in [-0.25, -0.2) is 0 Å². The highest BCUT2D eigenvalue weighted by atomic mass is 31.2. The number of hydrogen-bond acceptors (Lipinski definition) is 6. The minimum Gasteiger partial charge on any atom is -0.496 e. The predicted octanol–water partition coefficient (Wildman–Crippen LogP) is 3.79. The maximum Gasteiger partial charge on any atom is 0.330 e. The van der Waals surface area contributed by atoms with Crippen LogP contribution in [-0.4, -0.2) is 39.9 Å². The van der Waals surface area contributed by atoms with Gasteiger partial charge in [0.1, 0.15) is 17.1 Å². The van der Waals surface area contributed by atoms with Crippen LogP contribution in [0, 0.1) is 5.92 Å². The molecule has 6 nitrogen and oxygen atoms in total. The molecule has 130 valence electrons. The SMILES string of the molecule is COc1cccc(OC)c1C(=O)CCOP(=O)(CC(C)C)OC. The van der Waals surface area contributed by atoms with Gasteiger partial charge in [-0.05, 0) is 18.1 Å². The molecule has 0 bridgehead atoms. The first-order chi connectivity index (χ1) is 10.9. The van der Waals surface area contributed by atoms with E-state index in [0.717, 1.165) is 0 Å².